The van der Waals surface area contributed by atoms with Crippen molar-refractivity contribution in [2.45, 2.75) is 12.5 Å². The SMILES string of the molecule is COc1ccc(C(Nc2nc(Cl)nc3ccccc23)c2ccc3nc(N)nc(N(C)c4ccc(OC)cc4)c3c2CCOCCOCCN)cc1. The molecule has 6 rings (SSSR count). The summed E-state index contributed by atoms with van der Waals surface area (Å²) in [6.45, 7) is 2.22. The van der Waals surface area contributed by atoms with Gasteiger partial charge in [-0.1, -0.05) is 30.3 Å². The first kappa shape index (κ1) is 35.6. The minimum atomic E-state index is -0.408. The van der Waals surface area contributed by atoms with Crippen LogP contribution in [0.1, 0.15) is 22.7 Å². The predicted molar refractivity (Wildman–Crippen MR) is 202 cm³/mol. The van der Waals surface area contributed by atoms with Gasteiger partial charge in [-0.15, -0.1) is 0 Å². The molecule has 1 atom stereocenters. The van der Waals surface area contributed by atoms with E-state index in [-0.39, 0.29) is 11.2 Å². The van der Waals surface area contributed by atoms with Gasteiger partial charge in [0.1, 0.15) is 23.1 Å². The fourth-order valence-corrected chi connectivity index (χ4v) is 6.20. The third-order valence-corrected chi connectivity index (χ3v) is 8.70. The Morgan fingerprint density at radius 3 is 2.16 bits per heavy atom. The van der Waals surface area contributed by atoms with E-state index in [0.717, 1.165) is 50.2 Å². The molecule has 13 heteroatoms. The van der Waals surface area contributed by atoms with Crippen molar-refractivity contribution in [2.24, 2.45) is 5.73 Å². The Morgan fingerprint density at radius 2 is 1.45 bits per heavy atom. The van der Waals surface area contributed by atoms with Crippen LogP contribution in [-0.2, 0) is 15.9 Å². The maximum absolute atomic E-state index is 6.47. The van der Waals surface area contributed by atoms with E-state index in [1.165, 1.54) is 0 Å². The second-order valence-corrected chi connectivity index (χ2v) is 12.0. The number of hydrogen-bond donors (Lipinski definition) is 3. The molecule has 5 N–H and O–H groups in total. The molecule has 2 aromatic heterocycles. The van der Waals surface area contributed by atoms with E-state index in [4.69, 9.17) is 47.0 Å². The molecule has 0 aliphatic carbocycles. The summed E-state index contributed by atoms with van der Waals surface area (Å²) >= 11 is 6.47. The van der Waals surface area contributed by atoms with E-state index in [9.17, 15) is 0 Å². The van der Waals surface area contributed by atoms with Crippen molar-refractivity contribution in [3.05, 3.63) is 107 Å². The molecule has 0 amide bonds. The van der Waals surface area contributed by atoms with Crippen molar-refractivity contribution in [1.82, 2.24) is 19.9 Å². The van der Waals surface area contributed by atoms with Gasteiger partial charge in [-0.3, -0.25) is 0 Å². The number of rotatable bonds is 16. The zero-order valence-electron chi connectivity index (χ0n) is 28.8. The molecule has 1 unspecified atom stereocenters. The van der Waals surface area contributed by atoms with Gasteiger partial charge in [-0.25, -0.2) is 15.0 Å². The number of aromatic nitrogens is 4. The number of methoxy groups -OCH3 is 2. The second kappa shape index (κ2) is 16.6. The fourth-order valence-electron chi connectivity index (χ4n) is 6.03. The summed E-state index contributed by atoms with van der Waals surface area (Å²) in [6.07, 6.45) is 0.528. The van der Waals surface area contributed by atoms with E-state index >= 15 is 0 Å². The van der Waals surface area contributed by atoms with Gasteiger partial charge in [-0.2, -0.15) is 4.98 Å². The average molecular weight is 709 g/mol. The van der Waals surface area contributed by atoms with Crippen molar-refractivity contribution in [3.8, 4) is 11.5 Å². The van der Waals surface area contributed by atoms with Crippen molar-refractivity contribution in [3.63, 3.8) is 0 Å². The lowest BCUT2D eigenvalue weighted by molar-refractivity contribution is 0.0520. The third kappa shape index (κ3) is 8.21. The molecular formula is C38H41ClN8O4. The first-order chi connectivity index (χ1) is 24.9. The number of nitrogens with one attached hydrogen (secondary N) is 1. The van der Waals surface area contributed by atoms with Crippen LogP contribution < -0.4 is 31.2 Å². The first-order valence-corrected chi connectivity index (χ1v) is 16.9. The van der Waals surface area contributed by atoms with Gasteiger partial charge in [0.25, 0.3) is 0 Å². The normalized spacial score (nSPS) is 11.9. The summed E-state index contributed by atoms with van der Waals surface area (Å²) in [5.41, 5.74) is 17.1. The van der Waals surface area contributed by atoms with E-state index < -0.39 is 6.04 Å². The van der Waals surface area contributed by atoms with E-state index in [1.807, 2.05) is 90.8 Å². The van der Waals surface area contributed by atoms with E-state index in [1.54, 1.807) is 14.2 Å². The second-order valence-electron chi connectivity index (χ2n) is 11.7. The van der Waals surface area contributed by atoms with Crippen LogP contribution in [0, 0.1) is 0 Å². The Kier molecular flexibility index (Phi) is 11.6. The Bertz CT molecular complexity index is 2080. The molecule has 4 aromatic carbocycles. The number of anilines is 4. The summed E-state index contributed by atoms with van der Waals surface area (Å²) in [5.74, 6) is 2.89. The molecule has 12 nitrogen and oxygen atoms in total. The summed E-state index contributed by atoms with van der Waals surface area (Å²) in [4.78, 5) is 20.6. The molecule has 0 aliphatic heterocycles. The molecule has 264 valence electrons. The largest absolute Gasteiger partial charge is 0.497 e. The quantitative estimate of drug-likeness (QED) is 0.0760. The van der Waals surface area contributed by atoms with Crippen LogP contribution in [0.5, 0.6) is 11.5 Å². The van der Waals surface area contributed by atoms with Crippen LogP contribution in [0.15, 0.2) is 84.9 Å². The Labute approximate surface area is 301 Å². The number of fused-ring (bicyclic) bond motifs is 2. The number of halogens is 1. The van der Waals surface area contributed by atoms with Crippen molar-refractivity contribution in [2.75, 3.05) is 70.2 Å². The number of ether oxygens (including phenoxy) is 4. The molecule has 6 aromatic rings. The topological polar surface area (TPSA) is 156 Å². The zero-order valence-corrected chi connectivity index (χ0v) is 29.6. The van der Waals surface area contributed by atoms with Gasteiger partial charge in [0, 0.05) is 30.1 Å². The number of hydrogen-bond acceptors (Lipinski definition) is 12. The lowest BCUT2D eigenvalue weighted by atomic mass is 9.90. The predicted octanol–water partition coefficient (Wildman–Crippen LogP) is 6.33. The van der Waals surface area contributed by atoms with E-state index in [0.29, 0.717) is 56.5 Å². The molecule has 0 radical (unpaired) electrons. The number of para-hydroxylation sites is 1. The molecule has 0 spiro atoms. The molecule has 0 aliphatic rings. The van der Waals surface area contributed by atoms with Crippen LogP contribution in [0.25, 0.3) is 21.8 Å². The molecule has 2 heterocycles. The molecule has 51 heavy (non-hydrogen) atoms. The maximum Gasteiger partial charge on any atom is 0.224 e. The van der Waals surface area contributed by atoms with Crippen molar-refractivity contribution >= 4 is 56.7 Å². The summed E-state index contributed by atoms with van der Waals surface area (Å²) in [5, 5.41) is 5.54. The Balaban J connectivity index is 1.53. The highest BCUT2D eigenvalue weighted by molar-refractivity contribution is 6.28. The zero-order chi connectivity index (χ0) is 35.7. The Morgan fingerprint density at radius 1 is 0.765 bits per heavy atom. The number of nitrogen functional groups attached to an aromatic ring is 1. The summed E-state index contributed by atoms with van der Waals surface area (Å²) in [7, 11) is 5.25. The fraction of sp³-hybridized carbons (Fsp3) is 0.263. The maximum atomic E-state index is 6.47. The summed E-state index contributed by atoms with van der Waals surface area (Å²) in [6, 6.07) is 27.1. The van der Waals surface area contributed by atoms with Gasteiger partial charge in [0.2, 0.25) is 11.2 Å². The van der Waals surface area contributed by atoms with Crippen LogP contribution in [0.4, 0.5) is 23.3 Å². The Hall–Kier alpha value is -5.27. The van der Waals surface area contributed by atoms with Crippen molar-refractivity contribution < 1.29 is 18.9 Å². The van der Waals surface area contributed by atoms with E-state index in [2.05, 4.69) is 26.3 Å². The molecular weight excluding hydrogens is 668 g/mol. The smallest absolute Gasteiger partial charge is 0.224 e. The van der Waals surface area contributed by atoms with Crippen LogP contribution in [-0.4, -0.2) is 74.2 Å². The minimum absolute atomic E-state index is 0.140. The number of nitrogens with zero attached hydrogens (tertiary/aromatic N) is 5. The van der Waals surface area contributed by atoms with Gasteiger partial charge in [-0.05, 0) is 89.3 Å². The molecule has 0 fully saturated rings. The first-order valence-electron chi connectivity index (χ1n) is 16.5. The van der Waals surface area contributed by atoms with Gasteiger partial charge in [0.15, 0.2) is 0 Å². The van der Waals surface area contributed by atoms with Crippen LogP contribution >= 0.6 is 11.6 Å². The lowest BCUT2D eigenvalue weighted by Gasteiger charge is -2.27. The highest BCUT2D eigenvalue weighted by Crippen LogP contribution is 2.39. The minimum Gasteiger partial charge on any atom is -0.497 e. The lowest BCUT2D eigenvalue weighted by Crippen LogP contribution is -2.19. The van der Waals surface area contributed by atoms with Crippen molar-refractivity contribution in [1.29, 1.82) is 0 Å². The van der Waals surface area contributed by atoms with Gasteiger partial charge in [0.05, 0.1) is 57.7 Å². The standard InChI is InChI=1S/C38H41ClN8O4/c1-47(25-10-14-27(49-3)15-11-25)36-33-28(18-20-50-22-23-51-21-19-40)29(16-17-32(33)43-38(41)46-36)34(24-8-12-26(48-2)13-9-24)44-35-30-6-4-5-7-31(30)42-37(39)45-35/h4-17,34H,18-23,40H2,1-3H3,(H2,41,43,46)(H,42,44,45). The molecule has 0 saturated carbocycles. The molecule has 0 bridgehead atoms. The van der Waals surface area contributed by atoms with Gasteiger partial charge < -0.3 is 40.6 Å². The highest BCUT2D eigenvalue weighted by atomic mass is 35.5. The number of nitrogens with two attached hydrogens (primary N) is 2. The van der Waals surface area contributed by atoms with Gasteiger partial charge >= 0.3 is 0 Å². The molecule has 0 saturated heterocycles. The third-order valence-electron chi connectivity index (χ3n) is 8.53. The highest BCUT2D eigenvalue weighted by Gasteiger charge is 2.25. The number of benzene rings is 4. The monoisotopic (exact) mass is 708 g/mol. The van der Waals surface area contributed by atoms with Crippen LogP contribution in [0.3, 0.4) is 0 Å². The van der Waals surface area contributed by atoms with Crippen LogP contribution in [0.2, 0.25) is 5.28 Å². The summed E-state index contributed by atoms with van der Waals surface area (Å²) < 4.78 is 22.5. The average Bonchev–Trinajstić information content (AvgIpc) is 3.16.